The molecule has 12 nitrogen and oxygen atoms in total. The number of benzene rings is 1. The Morgan fingerprint density at radius 2 is 1.74 bits per heavy atom. The van der Waals surface area contributed by atoms with Gasteiger partial charge in [-0.15, -0.1) is 10.2 Å². The number of nitriles is 1. The number of halogens is 1. The van der Waals surface area contributed by atoms with Crippen molar-refractivity contribution in [3.8, 4) is 34.6 Å². The predicted octanol–water partition coefficient (Wildman–Crippen LogP) is 3.33. The molecule has 0 saturated heterocycles. The molecule has 3 heterocycles. The molecule has 4 aromatic rings. The Labute approximate surface area is 224 Å². The molecule has 202 valence electrons. The van der Waals surface area contributed by atoms with Gasteiger partial charge in [-0.2, -0.15) is 5.26 Å². The second kappa shape index (κ2) is 10.6. The maximum absolute atomic E-state index is 15.9. The van der Waals surface area contributed by atoms with E-state index in [0.717, 1.165) is 24.9 Å². The van der Waals surface area contributed by atoms with Crippen molar-refractivity contribution in [1.29, 1.82) is 5.26 Å². The van der Waals surface area contributed by atoms with Crippen LogP contribution in [0, 0.1) is 18.3 Å². The number of nitrogens with one attached hydrogen (secondary N) is 1. The van der Waals surface area contributed by atoms with Crippen LogP contribution in [0.25, 0.3) is 17.1 Å². The molecular weight excluding hydrogens is 527 g/mol. The highest BCUT2D eigenvalue weighted by Crippen LogP contribution is 2.38. The predicted molar refractivity (Wildman–Crippen MR) is 140 cm³/mol. The van der Waals surface area contributed by atoms with Gasteiger partial charge in [-0.05, 0) is 44.5 Å². The van der Waals surface area contributed by atoms with Crippen LogP contribution < -0.4 is 14.2 Å². The number of anilines is 1. The molecule has 0 aliphatic heterocycles. The van der Waals surface area contributed by atoms with E-state index >= 15 is 4.39 Å². The second-order valence-electron chi connectivity index (χ2n) is 8.72. The van der Waals surface area contributed by atoms with Gasteiger partial charge < -0.3 is 9.47 Å². The average molecular weight is 553 g/mol. The zero-order valence-electron chi connectivity index (χ0n) is 21.7. The van der Waals surface area contributed by atoms with Crippen LogP contribution in [0.3, 0.4) is 0 Å². The largest absolute Gasteiger partial charge is 0.494 e. The Morgan fingerprint density at radius 3 is 2.31 bits per heavy atom. The van der Waals surface area contributed by atoms with Gasteiger partial charge in [-0.3, -0.25) is 14.3 Å². The Kier molecular flexibility index (Phi) is 7.46. The lowest BCUT2D eigenvalue weighted by Crippen LogP contribution is -2.41. The van der Waals surface area contributed by atoms with E-state index in [1.165, 1.54) is 25.7 Å². The van der Waals surface area contributed by atoms with Gasteiger partial charge in [0.15, 0.2) is 17.3 Å². The number of rotatable bonds is 9. The van der Waals surface area contributed by atoms with Gasteiger partial charge in [-0.1, -0.05) is 6.07 Å². The Bertz CT molecular complexity index is 1630. The van der Waals surface area contributed by atoms with Crippen LogP contribution >= 0.6 is 0 Å². The summed E-state index contributed by atoms with van der Waals surface area (Å²) in [5.41, 5.74) is -0.737. The van der Waals surface area contributed by atoms with Crippen molar-refractivity contribution in [1.82, 2.24) is 29.7 Å². The van der Waals surface area contributed by atoms with Gasteiger partial charge in [0, 0.05) is 30.4 Å². The van der Waals surface area contributed by atoms with Gasteiger partial charge in [0.1, 0.15) is 28.5 Å². The van der Waals surface area contributed by atoms with Crippen molar-refractivity contribution >= 4 is 16.0 Å². The maximum atomic E-state index is 15.9. The summed E-state index contributed by atoms with van der Waals surface area (Å²) in [4.78, 5) is 11.9. The molecule has 0 aliphatic carbocycles. The molecule has 2 atom stereocenters. The summed E-state index contributed by atoms with van der Waals surface area (Å²) >= 11 is 0. The number of hydrogen-bond donors (Lipinski definition) is 1. The first-order valence-electron chi connectivity index (χ1n) is 11.6. The maximum Gasteiger partial charge on any atom is 0.243 e. The molecule has 2 unspecified atom stereocenters. The number of pyridine rings is 1. The first-order chi connectivity index (χ1) is 18.5. The normalized spacial score (nSPS) is 13.7. The van der Waals surface area contributed by atoms with Crippen LogP contribution in [-0.4, -0.2) is 57.6 Å². The van der Waals surface area contributed by atoms with Gasteiger partial charge in [0.2, 0.25) is 16.0 Å². The zero-order chi connectivity index (χ0) is 28.4. The van der Waals surface area contributed by atoms with Crippen molar-refractivity contribution in [3.63, 3.8) is 0 Å². The van der Waals surface area contributed by atoms with Crippen molar-refractivity contribution < 1.29 is 22.3 Å². The number of hydrogen-bond acceptors (Lipinski definition) is 10. The van der Waals surface area contributed by atoms with Crippen LogP contribution in [0.1, 0.15) is 30.8 Å². The van der Waals surface area contributed by atoms with Gasteiger partial charge in [-0.25, -0.2) is 22.8 Å². The summed E-state index contributed by atoms with van der Waals surface area (Å²) < 4.78 is 57.8. The standard InChI is InChI=1S/C25H25FN8O4S/c1-15-9-18(14-28-11-15)22-31-32-24(34(22)21-19(37-4)7-6-8-20(21)38-5)33-39(35,36)16(2)25(3,26)23-29-12-17(10-27)13-30-23/h6-9,11-14,16H,1-5H3,(H,32,33). The van der Waals surface area contributed by atoms with E-state index in [1.807, 2.05) is 13.0 Å². The molecule has 0 fully saturated rings. The summed E-state index contributed by atoms with van der Waals surface area (Å²) in [6.07, 6.45) is 5.46. The fraction of sp³-hybridized carbons (Fsp3) is 0.280. The Morgan fingerprint density at radius 1 is 1.10 bits per heavy atom. The van der Waals surface area contributed by atoms with E-state index in [0.29, 0.717) is 22.7 Å². The van der Waals surface area contributed by atoms with E-state index in [1.54, 1.807) is 36.7 Å². The minimum Gasteiger partial charge on any atom is -0.494 e. The Balaban J connectivity index is 1.85. The second-order valence-corrected chi connectivity index (χ2v) is 10.7. The fourth-order valence-electron chi connectivity index (χ4n) is 3.81. The molecule has 39 heavy (non-hydrogen) atoms. The highest BCUT2D eigenvalue weighted by molar-refractivity contribution is 7.93. The third kappa shape index (κ3) is 5.21. The lowest BCUT2D eigenvalue weighted by molar-refractivity contribution is 0.175. The smallest absolute Gasteiger partial charge is 0.243 e. The number of aryl methyl sites for hydroxylation is 1. The summed E-state index contributed by atoms with van der Waals surface area (Å²) in [6, 6.07) is 8.67. The first-order valence-corrected chi connectivity index (χ1v) is 13.1. The number of aromatic nitrogens is 6. The third-order valence-electron chi connectivity index (χ3n) is 6.10. The molecule has 1 N–H and O–H groups in total. The van der Waals surface area contributed by atoms with E-state index in [-0.39, 0.29) is 17.3 Å². The van der Waals surface area contributed by atoms with E-state index in [2.05, 4.69) is 29.9 Å². The summed E-state index contributed by atoms with van der Waals surface area (Å²) in [5, 5.41) is 15.6. The number of alkyl halides is 1. The van der Waals surface area contributed by atoms with Gasteiger partial charge in [0.25, 0.3) is 0 Å². The molecule has 0 aliphatic rings. The highest BCUT2D eigenvalue weighted by Gasteiger charge is 2.45. The van der Waals surface area contributed by atoms with Crippen LogP contribution in [-0.2, 0) is 15.7 Å². The first kappa shape index (κ1) is 27.4. The van der Waals surface area contributed by atoms with Crippen LogP contribution in [0.2, 0.25) is 0 Å². The molecule has 14 heteroatoms. The number of sulfonamides is 1. The van der Waals surface area contributed by atoms with Gasteiger partial charge in [0.05, 0.1) is 19.8 Å². The van der Waals surface area contributed by atoms with Crippen molar-refractivity contribution in [2.24, 2.45) is 0 Å². The number of ether oxygens (including phenoxy) is 2. The van der Waals surface area contributed by atoms with E-state index in [9.17, 15) is 8.42 Å². The number of para-hydroxylation sites is 1. The minimum atomic E-state index is -4.47. The molecule has 0 amide bonds. The average Bonchev–Trinajstić information content (AvgIpc) is 3.34. The molecule has 4 rings (SSSR count). The van der Waals surface area contributed by atoms with Crippen molar-refractivity contribution in [3.05, 3.63) is 66.0 Å². The van der Waals surface area contributed by atoms with Crippen LogP contribution in [0.5, 0.6) is 11.5 Å². The lowest BCUT2D eigenvalue weighted by atomic mass is 10.0. The fourth-order valence-corrected chi connectivity index (χ4v) is 5.06. The monoisotopic (exact) mass is 552 g/mol. The number of nitrogens with zero attached hydrogens (tertiary/aromatic N) is 7. The molecule has 0 radical (unpaired) electrons. The summed E-state index contributed by atoms with van der Waals surface area (Å²) in [7, 11) is -1.57. The van der Waals surface area contributed by atoms with Crippen LogP contribution in [0.15, 0.2) is 49.1 Å². The van der Waals surface area contributed by atoms with Gasteiger partial charge >= 0.3 is 0 Å². The van der Waals surface area contributed by atoms with E-state index in [4.69, 9.17) is 14.7 Å². The SMILES string of the molecule is COc1cccc(OC)c1-n1c(NS(=O)(=O)C(C)C(C)(F)c2ncc(C#N)cn2)nnc1-c1cncc(C)c1. The quantitative estimate of drug-likeness (QED) is 0.326. The lowest BCUT2D eigenvalue weighted by Gasteiger charge is -2.26. The Hall–Kier alpha value is -4.64. The van der Waals surface area contributed by atoms with E-state index < -0.39 is 26.8 Å². The molecule has 0 bridgehead atoms. The number of methoxy groups -OCH3 is 2. The summed E-state index contributed by atoms with van der Waals surface area (Å²) in [6.45, 7) is 4.08. The minimum absolute atomic E-state index is 0.111. The van der Waals surface area contributed by atoms with Crippen molar-refractivity contribution in [2.45, 2.75) is 31.7 Å². The zero-order valence-corrected chi connectivity index (χ0v) is 22.6. The molecule has 1 aromatic carbocycles. The van der Waals surface area contributed by atoms with Crippen molar-refractivity contribution in [2.75, 3.05) is 18.9 Å². The van der Waals surface area contributed by atoms with Crippen LogP contribution in [0.4, 0.5) is 10.3 Å². The third-order valence-corrected chi connectivity index (χ3v) is 7.94. The molecular formula is C25H25FN8O4S. The molecule has 0 saturated carbocycles. The molecule has 3 aromatic heterocycles. The summed E-state index contributed by atoms with van der Waals surface area (Å²) in [5.74, 6) is 0.283. The molecule has 0 spiro atoms. The highest BCUT2D eigenvalue weighted by atomic mass is 32.2. The topological polar surface area (TPSA) is 158 Å².